The van der Waals surface area contributed by atoms with Crippen molar-refractivity contribution < 1.29 is 9.13 Å². The van der Waals surface area contributed by atoms with E-state index >= 15 is 0 Å². The van der Waals surface area contributed by atoms with Gasteiger partial charge >= 0.3 is 0 Å². The topological polar surface area (TPSA) is 41.2 Å². The summed E-state index contributed by atoms with van der Waals surface area (Å²) in [4.78, 5) is 10.2. The minimum absolute atomic E-state index is 0.209. The van der Waals surface area contributed by atoms with Crippen LogP contribution < -0.4 is 4.74 Å². The number of H-pyrrole nitrogens is 1. The van der Waals surface area contributed by atoms with Gasteiger partial charge in [-0.15, -0.1) is 0 Å². The molecule has 1 saturated heterocycles. The second-order valence-electron chi connectivity index (χ2n) is 9.02. The van der Waals surface area contributed by atoms with E-state index in [9.17, 15) is 4.39 Å². The molecule has 170 valence electrons. The first-order chi connectivity index (χ1) is 16.7. The van der Waals surface area contributed by atoms with Gasteiger partial charge in [0.2, 0.25) is 0 Å². The van der Waals surface area contributed by atoms with Gasteiger partial charge in [-0.3, -0.25) is 9.88 Å². The van der Waals surface area contributed by atoms with Gasteiger partial charge in [0.1, 0.15) is 17.7 Å². The Balaban J connectivity index is 1.29. The highest BCUT2D eigenvalue weighted by Gasteiger charge is 2.36. The molecule has 34 heavy (non-hydrogen) atoms. The Morgan fingerprint density at radius 1 is 0.941 bits per heavy atom. The molecule has 0 saturated carbocycles. The number of ether oxygens (including phenoxy) is 1. The molecule has 2 aliphatic rings. The van der Waals surface area contributed by atoms with E-state index in [1.54, 1.807) is 0 Å². The molecule has 0 spiro atoms. The maximum absolute atomic E-state index is 13.6. The van der Waals surface area contributed by atoms with Gasteiger partial charge in [-0.25, -0.2) is 4.39 Å². The Morgan fingerprint density at radius 3 is 2.53 bits per heavy atom. The van der Waals surface area contributed by atoms with Crippen molar-refractivity contribution in [1.82, 2.24) is 14.9 Å². The predicted molar refractivity (Wildman–Crippen MR) is 133 cm³/mol. The highest BCUT2D eigenvalue weighted by molar-refractivity contribution is 5.91. The van der Waals surface area contributed by atoms with E-state index in [1.807, 2.05) is 67.0 Å². The monoisotopic (exact) mass is 451 g/mol. The molecule has 6 rings (SSSR count). The zero-order valence-electron chi connectivity index (χ0n) is 18.8. The van der Waals surface area contributed by atoms with Crippen LogP contribution in [-0.4, -0.2) is 40.1 Å². The van der Waals surface area contributed by atoms with Gasteiger partial charge in [0.15, 0.2) is 0 Å². The van der Waals surface area contributed by atoms with Crippen LogP contribution in [0.4, 0.5) is 4.39 Å². The third-order valence-electron chi connectivity index (χ3n) is 6.89. The lowest BCUT2D eigenvalue weighted by Crippen LogP contribution is -2.33. The minimum Gasteiger partial charge on any atom is -0.489 e. The molecule has 2 aliphatic heterocycles. The van der Waals surface area contributed by atoms with E-state index in [1.165, 1.54) is 23.3 Å². The summed E-state index contributed by atoms with van der Waals surface area (Å²) in [6.07, 6.45) is 10.3. The van der Waals surface area contributed by atoms with E-state index in [2.05, 4.69) is 27.1 Å². The number of rotatable bonds is 5. The van der Waals surface area contributed by atoms with E-state index < -0.39 is 0 Å². The molecule has 4 aromatic rings. The van der Waals surface area contributed by atoms with E-state index in [4.69, 9.17) is 4.74 Å². The second-order valence-corrected chi connectivity index (χ2v) is 9.02. The fourth-order valence-electron chi connectivity index (χ4n) is 5.27. The van der Waals surface area contributed by atoms with Crippen LogP contribution in [0.25, 0.3) is 28.0 Å². The van der Waals surface area contributed by atoms with Gasteiger partial charge in [0.05, 0.1) is 5.69 Å². The number of benzene rings is 2. The number of pyridine rings is 1. The number of nitrogens with one attached hydrogen (secondary N) is 1. The van der Waals surface area contributed by atoms with Crippen molar-refractivity contribution in [3.8, 4) is 28.1 Å². The van der Waals surface area contributed by atoms with Crippen molar-refractivity contribution in [2.75, 3.05) is 13.1 Å². The molecule has 2 atom stereocenters. The Labute approximate surface area is 198 Å². The van der Waals surface area contributed by atoms with Gasteiger partial charge in [-0.2, -0.15) is 0 Å². The van der Waals surface area contributed by atoms with Crippen LogP contribution >= 0.6 is 0 Å². The fourth-order valence-corrected chi connectivity index (χ4v) is 5.27. The number of hydrogen-bond acceptors (Lipinski definition) is 3. The molecule has 2 aromatic carbocycles. The van der Waals surface area contributed by atoms with Crippen molar-refractivity contribution in [1.29, 1.82) is 0 Å². The van der Waals surface area contributed by atoms with Crippen LogP contribution in [0.3, 0.4) is 0 Å². The molecule has 0 unspecified atom stereocenters. The number of fused-ring (bicyclic) bond motifs is 1. The highest BCUT2D eigenvalue weighted by Crippen LogP contribution is 2.41. The molecule has 0 amide bonds. The summed E-state index contributed by atoms with van der Waals surface area (Å²) in [5.74, 6) is 0.708. The van der Waals surface area contributed by atoms with Crippen molar-refractivity contribution in [2.45, 2.75) is 25.0 Å². The third kappa shape index (κ3) is 4.03. The van der Waals surface area contributed by atoms with Gasteiger partial charge < -0.3 is 9.72 Å². The Kier molecular flexibility index (Phi) is 5.47. The second kappa shape index (κ2) is 8.92. The van der Waals surface area contributed by atoms with Crippen LogP contribution in [0.1, 0.15) is 18.4 Å². The predicted octanol–water partition coefficient (Wildman–Crippen LogP) is 6.19. The standard InChI is InChI=1S/C29H26FN3O/c30-23-8-6-21(7-9-23)29-28(20-10-13-31-14-11-20)27(18-32-29)22-12-15-33-19-26(17-24(33)16-22)34-25-4-2-1-3-5-25/h1-14,18,24,26,32H,15-17,19H2/t24-,26+/m1/s1. The van der Waals surface area contributed by atoms with Crippen LogP contribution in [-0.2, 0) is 0 Å². The van der Waals surface area contributed by atoms with Crippen LogP contribution in [0.2, 0.25) is 0 Å². The van der Waals surface area contributed by atoms with E-state index in [0.717, 1.165) is 54.1 Å². The largest absolute Gasteiger partial charge is 0.489 e. The molecule has 0 aliphatic carbocycles. The van der Waals surface area contributed by atoms with Gasteiger partial charge in [-0.05, 0) is 71.7 Å². The van der Waals surface area contributed by atoms with Crippen LogP contribution in [0, 0.1) is 5.82 Å². The fraction of sp³-hybridized carbons (Fsp3) is 0.207. The molecule has 2 aromatic heterocycles. The maximum atomic E-state index is 13.6. The van der Waals surface area contributed by atoms with Gasteiger partial charge in [0.25, 0.3) is 0 Å². The molecule has 0 bridgehead atoms. The molecular weight excluding hydrogens is 425 g/mol. The summed E-state index contributed by atoms with van der Waals surface area (Å²) in [5, 5.41) is 0. The maximum Gasteiger partial charge on any atom is 0.123 e. The average Bonchev–Trinajstić information content (AvgIpc) is 3.49. The zero-order chi connectivity index (χ0) is 22.9. The smallest absolute Gasteiger partial charge is 0.123 e. The lowest BCUT2D eigenvalue weighted by Gasteiger charge is -2.29. The quantitative estimate of drug-likeness (QED) is 0.393. The molecule has 4 heterocycles. The van der Waals surface area contributed by atoms with E-state index in [0.29, 0.717) is 6.04 Å². The first-order valence-corrected chi connectivity index (χ1v) is 11.8. The number of para-hydroxylation sites is 1. The van der Waals surface area contributed by atoms with Gasteiger partial charge in [0, 0.05) is 55.3 Å². The SMILES string of the molecule is Fc1ccc(-c2[nH]cc(C3=CCN4C[C@@H](Oc5ccccc5)C[C@H]4C3)c2-c2ccncc2)cc1. The van der Waals surface area contributed by atoms with Crippen molar-refractivity contribution >= 4 is 5.57 Å². The first-order valence-electron chi connectivity index (χ1n) is 11.8. The number of hydrogen-bond donors (Lipinski definition) is 1. The summed E-state index contributed by atoms with van der Waals surface area (Å²) >= 11 is 0. The molecule has 0 radical (unpaired) electrons. The summed E-state index contributed by atoms with van der Waals surface area (Å²) in [6, 6.07) is 21.3. The molecular formula is C29H26FN3O. The lowest BCUT2D eigenvalue weighted by molar-refractivity contribution is 0.202. The lowest BCUT2D eigenvalue weighted by atomic mass is 9.89. The highest BCUT2D eigenvalue weighted by atomic mass is 19.1. The Hall–Kier alpha value is -3.70. The number of nitrogens with zero attached hydrogens (tertiary/aromatic N) is 2. The number of halogens is 1. The summed E-state index contributed by atoms with van der Waals surface area (Å²) in [6.45, 7) is 1.87. The first kappa shape index (κ1) is 20.9. The summed E-state index contributed by atoms with van der Waals surface area (Å²) < 4.78 is 19.8. The molecule has 4 nitrogen and oxygen atoms in total. The van der Waals surface area contributed by atoms with Gasteiger partial charge in [-0.1, -0.05) is 24.3 Å². The Morgan fingerprint density at radius 2 is 1.74 bits per heavy atom. The Bertz CT molecular complexity index is 1300. The number of aromatic amines is 1. The normalized spacial score (nSPS) is 20.1. The van der Waals surface area contributed by atoms with Crippen molar-refractivity contribution in [3.63, 3.8) is 0 Å². The van der Waals surface area contributed by atoms with Crippen molar-refractivity contribution in [2.24, 2.45) is 0 Å². The molecule has 1 fully saturated rings. The van der Waals surface area contributed by atoms with Crippen LogP contribution in [0.5, 0.6) is 5.75 Å². The zero-order valence-corrected chi connectivity index (χ0v) is 18.8. The van der Waals surface area contributed by atoms with Crippen molar-refractivity contribution in [3.05, 3.63) is 103 Å². The summed E-state index contributed by atoms with van der Waals surface area (Å²) in [5.41, 5.74) is 6.76. The molecule has 1 N–H and O–H groups in total. The summed E-state index contributed by atoms with van der Waals surface area (Å²) in [7, 11) is 0. The van der Waals surface area contributed by atoms with E-state index in [-0.39, 0.29) is 11.9 Å². The number of aromatic nitrogens is 2. The molecule has 5 heteroatoms. The van der Waals surface area contributed by atoms with Crippen LogP contribution in [0.15, 0.2) is 91.4 Å². The third-order valence-corrected chi connectivity index (χ3v) is 6.89. The average molecular weight is 452 g/mol. The minimum atomic E-state index is -0.232.